The summed E-state index contributed by atoms with van der Waals surface area (Å²) in [5, 5.41) is 16.1. The second kappa shape index (κ2) is 8.79. The largest absolute Gasteiger partial charge is 0.371 e. The number of carbonyl (C=O) groups excluding carboxylic acids is 2. The highest BCUT2D eigenvalue weighted by molar-refractivity contribution is 5.94. The first-order chi connectivity index (χ1) is 14.6. The number of fused-ring (bicyclic) bond motifs is 1. The molecule has 1 aliphatic rings. The molecule has 1 aromatic carbocycles. The summed E-state index contributed by atoms with van der Waals surface area (Å²) in [6.07, 6.45) is 6.42. The standard InChI is InChI=1S/C22H23N5O3/c28-21(25-30)9-8-16-5-1-2-7-20(16)26-13-10-17(11-14-26)23-22(29)19-15-18-6-3-4-12-27(18)24-19/h1-9,12,15,17,30H,10-11,13-14H2,(H,23,29)(H,25,28). The molecular weight excluding hydrogens is 382 g/mol. The first kappa shape index (κ1) is 19.7. The maximum absolute atomic E-state index is 12.6. The fourth-order valence-corrected chi connectivity index (χ4v) is 3.69. The average molecular weight is 405 g/mol. The number of hydrogen-bond donors (Lipinski definition) is 3. The van der Waals surface area contributed by atoms with E-state index in [1.165, 1.54) is 6.08 Å². The zero-order valence-electron chi connectivity index (χ0n) is 16.4. The van der Waals surface area contributed by atoms with Gasteiger partial charge in [0.05, 0.1) is 5.52 Å². The fourth-order valence-electron chi connectivity index (χ4n) is 3.69. The number of rotatable bonds is 5. The van der Waals surface area contributed by atoms with E-state index in [9.17, 15) is 9.59 Å². The molecular formula is C22H23N5O3. The zero-order valence-corrected chi connectivity index (χ0v) is 16.4. The van der Waals surface area contributed by atoms with Crippen molar-refractivity contribution < 1.29 is 14.8 Å². The molecule has 0 spiro atoms. The monoisotopic (exact) mass is 405 g/mol. The lowest BCUT2D eigenvalue weighted by molar-refractivity contribution is -0.124. The number of nitrogens with zero attached hydrogens (tertiary/aromatic N) is 3. The molecule has 8 heteroatoms. The van der Waals surface area contributed by atoms with Gasteiger partial charge in [0.1, 0.15) is 0 Å². The van der Waals surface area contributed by atoms with Gasteiger partial charge in [0.25, 0.3) is 11.8 Å². The Morgan fingerprint density at radius 2 is 1.87 bits per heavy atom. The van der Waals surface area contributed by atoms with Crippen molar-refractivity contribution in [3.63, 3.8) is 0 Å². The quantitative estimate of drug-likeness (QED) is 0.344. The van der Waals surface area contributed by atoms with Crippen LogP contribution < -0.4 is 15.7 Å². The van der Waals surface area contributed by atoms with E-state index in [-0.39, 0.29) is 11.9 Å². The summed E-state index contributed by atoms with van der Waals surface area (Å²) < 4.78 is 1.69. The van der Waals surface area contributed by atoms with Gasteiger partial charge in [0, 0.05) is 37.1 Å². The van der Waals surface area contributed by atoms with Crippen LogP contribution in [0.3, 0.4) is 0 Å². The number of hydrogen-bond acceptors (Lipinski definition) is 5. The lowest BCUT2D eigenvalue weighted by Gasteiger charge is -2.34. The molecule has 154 valence electrons. The van der Waals surface area contributed by atoms with Gasteiger partial charge in [-0.1, -0.05) is 24.3 Å². The van der Waals surface area contributed by atoms with E-state index in [1.54, 1.807) is 22.1 Å². The number of anilines is 1. The number of carbonyl (C=O) groups is 2. The van der Waals surface area contributed by atoms with Gasteiger partial charge in [-0.05, 0) is 48.7 Å². The van der Waals surface area contributed by atoms with Crippen LogP contribution in [0.15, 0.2) is 60.8 Å². The van der Waals surface area contributed by atoms with Gasteiger partial charge in [0.2, 0.25) is 0 Å². The summed E-state index contributed by atoms with van der Waals surface area (Å²) in [6, 6.07) is 15.4. The minimum atomic E-state index is -0.571. The molecule has 2 amide bonds. The van der Waals surface area contributed by atoms with Crippen LogP contribution in [0.2, 0.25) is 0 Å². The summed E-state index contributed by atoms with van der Waals surface area (Å²) >= 11 is 0. The minimum absolute atomic E-state index is 0.0847. The van der Waals surface area contributed by atoms with Gasteiger partial charge in [-0.25, -0.2) is 10.00 Å². The van der Waals surface area contributed by atoms with E-state index < -0.39 is 5.91 Å². The van der Waals surface area contributed by atoms with Crippen LogP contribution in [-0.4, -0.2) is 45.8 Å². The number of para-hydroxylation sites is 1. The van der Waals surface area contributed by atoms with E-state index >= 15 is 0 Å². The molecule has 4 rings (SSSR count). The lowest BCUT2D eigenvalue weighted by Crippen LogP contribution is -2.45. The van der Waals surface area contributed by atoms with E-state index in [2.05, 4.69) is 15.3 Å². The fraction of sp³-hybridized carbons (Fsp3) is 0.227. The normalized spacial score (nSPS) is 14.9. The Kier molecular flexibility index (Phi) is 5.76. The van der Waals surface area contributed by atoms with E-state index in [1.807, 2.05) is 48.7 Å². The Morgan fingerprint density at radius 3 is 2.63 bits per heavy atom. The molecule has 1 aliphatic heterocycles. The third-order valence-corrected chi connectivity index (χ3v) is 5.23. The molecule has 1 saturated heterocycles. The molecule has 0 saturated carbocycles. The van der Waals surface area contributed by atoms with Crippen LogP contribution in [-0.2, 0) is 4.79 Å². The van der Waals surface area contributed by atoms with E-state index in [4.69, 9.17) is 5.21 Å². The molecule has 0 unspecified atom stereocenters. The Bertz CT molecular complexity index is 1050. The second-order valence-corrected chi connectivity index (χ2v) is 7.20. The number of nitrogens with one attached hydrogen (secondary N) is 2. The second-order valence-electron chi connectivity index (χ2n) is 7.20. The first-order valence-electron chi connectivity index (χ1n) is 9.85. The molecule has 0 aliphatic carbocycles. The van der Waals surface area contributed by atoms with Crippen molar-refractivity contribution in [2.45, 2.75) is 18.9 Å². The molecule has 1 fully saturated rings. The lowest BCUT2D eigenvalue weighted by atomic mass is 10.0. The Morgan fingerprint density at radius 1 is 1.10 bits per heavy atom. The molecule has 3 aromatic rings. The van der Waals surface area contributed by atoms with Crippen molar-refractivity contribution in [1.29, 1.82) is 0 Å². The third kappa shape index (κ3) is 4.33. The van der Waals surface area contributed by atoms with Gasteiger partial charge in [-0.3, -0.25) is 14.8 Å². The molecule has 0 radical (unpaired) electrons. The Labute approximate surface area is 173 Å². The number of aromatic nitrogens is 2. The first-order valence-corrected chi connectivity index (χ1v) is 9.85. The summed E-state index contributed by atoms with van der Waals surface area (Å²) in [5.74, 6) is -0.728. The highest BCUT2D eigenvalue weighted by atomic mass is 16.5. The molecule has 30 heavy (non-hydrogen) atoms. The van der Waals surface area contributed by atoms with Crippen LogP contribution in [0.1, 0.15) is 28.9 Å². The molecule has 0 bridgehead atoms. The van der Waals surface area contributed by atoms with Crippen molar-refractivity contribution in [1.82, 2.24) is 20.4 Å². The van der Waals surface area contributed by atoms with Crippen molar-refractivity contribution in [2.75, 3.05) is 18.0 Å². The van der Waals surface area contributed by atoms with E-state index in [0.29, 0.717) is 5.69 Å². The Balaban J connectivity index is 1.38. The van der Waals surface area contributed by atoms with Crippen LogP contribution in [0.4, 0.5) is 5.69 Å². The van der Waals surface area contributed by atoms with Gasteiger partial charge in [0.15, 0.2) is 5.69 Å². The number of benzene rings is 1. The maximum atomic E-state index is 12.6. The zero-order chi connectivity index (χ0) is 20.9. The van der Waals surface area contributed by atoms with Crippen LogP contribution in [0.5, 0.6) is 0 Å². The van der Waals surface area contributed by atoms with Crippen LogP contribution in [0.25, 0.3) is 11.6 Å². The van der Waals surface area contributed by atoms with Crippen LogP contribution in [0, 0.1) is 0 Å². The van der Waals surface area contributed by atoms with Crippen molar-refractivity contribution in [2.24, 2.45) is 0 Å². The smallest absolute Gasteiger partial charge is 0.272 e. The average Bonchev–Trinajstić information content (AvgIpc) is 3.23. The predicted molar refractivity (Wildman–Crippen MR) is 113 cm³/mol. The number of hydroxylamine groups is 1. The van der Waals surface area contributed by atoms with Gasteiger partial charge < -0.3 is 10.2 Å². The molecule has 0 atom stereocenters. The van der Waals surface area contributed by atoms with Crippen molar-refractivity contribution in [3.8, 4) is 0 Å². The molecule has 3 N–H and O–H groups in total. The SMILES string of the molecule is O=C(C=Cc1ccccc1N1CCC(NC(=O)c2cc3ccccn3n2)CC1)NO. The minimum Gasteiger partial charge on any atom is -0.371 e. The maximum Gasteiger partial charge on any atom is 0.272 e. The molecule has 2 aromatic heterocycles. The third-order valence-electron chi connectivity index (χ3n) is 5.23. The highest BCUT2D eigenvalue weighted by Gasteiger charge is 2.23. The van der Waals surface area contributed by atoms with Gasteiger partial charge in [-0.15, -0.1) is 0 Å². The predicted octanol–water partition coefficient (Wildman–Crippen LogP) is 2.25. The van der Waals surface area contributed by atoms with Crippen molar-refractivity contribution >= 4 is 29.1 Å². The van der Waals surface area contributed by atoms with Gasteiger partial charge in [-0.2, -0.15) is 5.10 Å². The summed E-state index contributed by atoms with van der Waals surface area (Å²) in [5.41, 5.74) is 4.81. The number of amides is 2. The number of piperidine rings is 1. The van der Waals surface area contributed by atoms with Gasteiger partial charge >= 0.3 is 0 Å². The molecule has 3 heterocycles. The van der Waals surface area contributed by atoms with E-state index in [0.717, 1.165) is 42.7 Å². The summed E-state index contributed by atoms with van der Waals surface area (Å²) in [6.45, 7) is 1.57. The number of pyridine rings is 1. The Hall–Kier alpha value is -3.65. The highest BCUT2D eigenvalue weighted by Crippen LogP contribution is 2.25. The summed E-state index contributed by atoms with van der Waals surface area (Å²) in [4.78, 5) is 26.1. The topological polar surface area (TPSA) is 99.0 Å². The summed E-state index contributed by atoms with van der Waals surface area (Å²) in [7, 11) is 0. The van der Waals surface area contributed by atoms with Crippen molar-refractivity contribution in [3.05, 3.63) is 72.1 Å². The van der Waals surface area contributed by atoms with Crippen LogP contribution >= 0.6 is 0 Å². The molecule has 8 nitrogen and oxygen atoms in total.